The minimum absolute atomic E-state index is 0.0650. The van der Waals surface area contributed by atoms with Gasteiger partial charge in [-0.3, -0.25) is 14.5 Å². The number of carbonyl (C=O) groups excluding carboxylic acids is 4. The SMILES string of the molecule is COC(=O)C(C(=O)OC)N1CN(c2ccccc2)C2(CCN(C(=O)c3cc(C(F)(F)F)cc(C(F)(F)F)c3)CC2)C1=O. The molecule has 2 amide bonds. The predicted molar refractivity (Wildman–Crippen MR) is 133 cm³/mol. The smallest absolute Gasteiger partial charge is 0.416 e. The van der Waals surface area contributed by atoms with Crippen LogP contribution in [0.5, 0.6) is 0 Å². The Morgan fingerprint density at radius 2 is 1.33 bits per heavy atom. The summed E-state index contributed by atoms with van der Waals surface area (Å²) in [5, 5.41) is 0. The lowest BCUT2D eigenvalue weighted by Gasteiger charge is -2.43. The highest BCUT2D eigenvalue weighted by Crippen LogP contribution is 2.41. The van der Waals surface area contributed by atoms with Gasteiger partial charge in [-0.25, -0.2) is 9.59 Å². The molecule has 0 atom stereocenters. The van der Waals surface area contributed by atoms with E-state index in [1.165, 1.54) is 0 Å². The second-order valence-electron chi connectivity index (χ2n) is 9.75. The highest BCUT2D eigenvalue weighted by molar-refractivity contribution is 6.06. The zero-order valence-electron chi connectivity index (χ0n) is 22.3. The second kappa shape index (κ2) is 11.2. The number of carbonyl (C=O) groups is 4. The number of amides is 2. The van der Waals surface area contributed by atoms with E-state index in [2.05, 4.69) is 0 Å². The summed E-state index contributed by atoms with van der Waals surface area (Å²) in [5.74, 6) is -3.81. The van der Waals surface area contributed by atoms with E-state index < -0.39 is 64.4 Å². The summed E-state index contributed by atoms with van der Waals surface area (Å²) in [4.78, 5) is 55.8. The Morgan fingerprint density at radius 1 is 0.833 bits per heavy atom. The molecule has 0 unspecified atom stereocenters. The fourth-order valence-electron chi connectivity index (χ4n) is 5.27. The Labute approximate surface area is 235 Å². The second-order valence-corrected chi connectivity index (χ2v) is 9.75. The summed E-state index contributed by atoms with van der Waals surface area (Å²) in [6.45, 7) is -0.685. The van der Waals surface area contributed by atoms with Crippen molar-refractivity contribution < 1.29 is 55.0 Å². The molecule has 2 aromatic carbocycles. The summed E-state index contributed by atoms with van der Waals surface area (Å²) >= 11 is 0. The van der Waals surface area contributed by atoms with Crippen LogP contribution in [0, 0.1) is 0 Å². The van der Waals surface area contributed by atoms with Crippen LogP contribution < -0.4 is 4.90 Å². The highest BCUT2D eigenvalue weighted by Gasteiger charge is 2.58. The quantitative estimate of drug-likeness (QED) is 0.293. The number of nitrogens with zero attached hydrogens (tertiary/aromatic N) is 3. The first-order valence-electron chi connectivity index (χ1n) is 12.5. The molecule has 2 saturated heterocycles. The van der Waals surface area contributed by atoms with Crippen LogP contribution in [0.2, 0.25) is 0 Å². The average Bonchev–Trinajstić information content (AvgIpc) is 3.23. The van der Waals surface area contributed by atoms with Gasteiger partial charge in [-0.15, -0.1) is 0 Å². The number of alkyl halides is 6. The van der Waals surface area contributed by atoms with Crippen LogP contribution in [0.25, 0.3) is 0 Å². The molecular weight excluding hydrogens is 576 g/mol. The Hall–Kier alpha value is -4.30. The molecule has 4 rings (SSSR count). The molecule has 1 spiro atoms. The molecule has 2 fully saturated rings. The average molecular weight is 602 g/mol. The van der Waals surface area contributed by atoms with E-state index in [0.717, 1.165) is 24.0 Å². The fraction of sp³-hybridized carbons (Fsp3) is 0.407. The number of hydrogen-bond acceptors (Lipinski definition) is 7. The Bertz CT molecular complexity index is 1320. The van der Waals surface area contributed by atoms with E-state index >= 15 is 0 Å². The van der Waals surface area contributed by atoms with Crippen molar-refractivity contribution in [1.82, 2.24) is 9.80 Å². The number of likely N-dealkylation sites (tertiary alicyclic amines) is 1. The molecule has 226 valence electrons. The number of halogens is 6. The van der Waals surface area contributed by atoms with Crippen molar-refractivity contribution in [2.45, 2.75) is 36.8 Å². The van der Waals surface area contributed by atoms with Crippen LogP contribution in [0.15, 0.2) is 48.5 Å². The number of methoxy groups -OCH3 is 2. The van der Waals surface area contributed by atoms with Crippen LogP contribution in [0.4, 0.5) is 32.0 Å². The lowest BCUT2D eigenvalue weighted by atomic mass is 9.85. The number of piperidine rings is 1. The van der Waals surface area contributed by atoms with E-state index in [0.29, 0.717) is 17.8 Å². The van der Waals surface area contributed by atoms with Crippen LogP contribution in [-0.2, 0) is 36.2 Å². The van der Waals surface area contributed by atoms with E-state index in [-0.39, 0.29) is 38.7 Å². The van der Waals surface area contributed by atoms with Gasteiger partial charge >= 0.3 is 24.3 Å². The van der Waals surface area contributed by atoms with E-state index in [9.17, 15) is 45.5 Å². The Balaban J connectivity index is 1.67. The lowest BCUT2D eigenvalue weighted by molar-refractivity contribution is -0.164. The molecule has 0 saturated carbocycles. The number of benzene rings is 2. The number of rotatable bonds is 5. The summed E-state index contributed by atoms with van der Waals surface area (Å²) in [6, 6.07) is 7.40. The van der Waals surface area contributed by atoms with Gasteiger partial charge in [0.05, 0.1) is 32.0 Å². The summed E-state index contributed by atoms with van der Waals surface area (Å²) in [5.41, 5.74) is -4.91. The van der Waals surface area contributed by atoms with Crippen molar-refractivity contribution in [3.63, 3.8) is 0 Å². The standard InChI is InChI=1S/C27H25F6N3O6/c1-41-22(38)20(23(39)42-2)35-15-36(19-6-4-3-5-7-19)25(24(35)40)8-10-34(11-9-25)21(37)16-12-17(26(28,29)30)14-18(13-16)27(31,32)33/h3-7,12-14,20H,8-11,15H2,1-2H3. The number of para-hydroxylation sites is 1. The normalized spacial score (nSPS) is 17.2. The third kappa shape index (κ3) is 5.59. The topological polar surface area (TPSA) is 96.5 Å². The molecule has 2 aliphatic heterocycles. The van der Waals surface area contributed by atoms with Gasteiger partial charge in [-0.05, 0) is 43.2 Å². The largest absolute Gasteiger partial charge is 0.467 e. The van der Waals surface area contributed by atoms with Gasteiger partial charge in [-0.2, -0.15) is 26.3 Å². The summed E-state index contributed by atoms with van der Waals surface area (Å²) in [7, 11) is 2.07. The number of esters is 2. The van der Waals surface area contributed by atoms with Crippen LogP contribution in [0.1, 0.15) is 34.3 Å². The summed E-state index contributed by atoms with van der Waals surface area (Å²) < 4.78 is 89.5. The molecular formula is C27H25F6N3O6. The molecule has 0 bridgehead atoms. The Morgan fingerprint density at radius 3 is 1.79 bits per heavy atom. The van der Waals surface area contributed by atoms with Gasteiger partial charge < -0.3 is 19.3 Å². The molecule has 9 nitrogen and oxygen atoms in total. The zero-order chi connectivity index (χ0) is 31.0. The number of ether oxygens (including phenoxy) is 2. The first kappa shape index (κ1) is 30.7. The molecule has 42 heavy (non-hydrogen) atoms. The van der Waals surface area contributed by atoms with Crippen LogP contribution in [-0.4, -0.2) is 79.1 Å². The molecule has 2 aliphatic rings. The van der Waals surface area contributed by atoms with Gasteiger partial charge in [0.15, 0.2) is 0 Å². The van der Waals surface area contributed by atoms with E-state index in [4.69, 9.17) is 9.47 Å². The van der Waals surface area contributed by atoms with Crippen molar-refractivity contribution in [2.24, 2.45) is 0 Å². The van der Waals surface area contributed by atoms with Crippen molar-refractivity contribution in [2.75, 3.05) is 38.9 Å². The lowest BCUT2D eigenvalue weighted by Crippen LogP contribution is -2.58. The van der Waals surface area contributed by atoms with Gasteiger partial charge in [0.2, 0.25) is 6.04 Å². The van der Waals surface area contributed by atoms with Gasteiger partial charge in [0.1, 0.15) is 5.54 Å². The molecule has 2 aromatic rings. The molecule has 0 aliphatic carbocycles. The molecule has 15 heteroatoms. The fourth-order valence-corrected chi connectivity index (χ4v) is 5.27. The summed E-state index contributed by atoms with van der Waals surface area (Å²) in [6.07, 6.45) is -10.5. The van der Waals surface area contributed by atoms with Crippen LogP contribution >= 0.6 is 0 Å². The molecule has 0 N–H and O–H groups in total. The van der Waals surface area contributed by atoms with E-state index in [1.54, 1.807) is 35.2 Å². The molecule has 2 heterocycles. The monoisotopic (exact) mass is 601 g/mol. The van der Waals surface area contributed by atoms with Gasteiger partial charge in [0, 0.05) is 24.3 Å². The minimum Gasteiger partial charge on any atom is -0.467 e. The van der Waals surface area contributed by atoms with Crippen molar-refractivity contribution in [3.05, 3.63) is 65.2 Å². The van der Waals surface area contributed by atoms with Crippen molar-refractivity contribution >= 4 is 29.4 Å². The first-order chi connectivity index (χ1) is 19.6. The van der Waals surface area contributed by atoms with E-state index in [1.807, 2.05) is 0 Å². The van der Waals surface area contributed by atoms with Crippen molar-refractivity contribution in [3.8, 4) is 0 Å². The number of anilines is 1. The molecule has 0 radical (unpaired) electrons. The van der Waals surface area contributed by atoms with Gasteiger partial charge in [0.25, 0.3) is 11.8 Å². The first-order valence-corrected chi connectivity index (χ1v) is 12.5. The Kier molecular flexibility index (Phi) is 8.16. The maximum absolute atomic E-state index is 13.9. The van der Waals surface area contributed by atoms with Crippen LogP contribution in [0.3, 0.4) is 0 Å². The number of hydrogen-bond donors (Lipinski definition) is 0. The van der Waals surface area contributed by atoms with Crippen molar-refractivity contribution in [1.29, 1.82) is 0 Å². The highest BCUT2D eigenvalue weighted by atomic mass is 19.4. The zero-order valence-corrected chi connectivity index (χ0v) is 22.3. The third-order valence-electron chi connectivity index (χ3n) is 7.41. The van der Waals surface area contributed by atoms with Gasteiger partial charge in [-0.1, -0.05) is 18.2 Å². The maximum Gasteiger partial charge on any atom is 0.416 e. The third-order valence-corrected chi connectivity index (χ3v) is 7.41. The molecule has 0 aromatic heterocycles. The minimum atomic E-state index is -5.13. The predicted octanol–water partition coefficient (Wildman–Crippen LogP) is 3.72. The maximum atomic E-state index is 13.9.